The Bertz CT molecular complexity index is 815. The second-order valence-corrected chi connectivity index (χ2v) is 5.89. The minimum absolute atomic E-state index is 0.0902. The van der Waals surface area contributed by atoms with Gasteiger partial charge in [-0.1, -0.05) is 24.3 Å². The number of phenols is 1. The average molecular weight is 320 g/mol. The molecule has 3 heteroatoms. The molecule has 0 heterocycles. The molecule has 2 aromatic carbocycles. The van der Waals surface area contributed by atoms with Gasteiger partial charge in [0.2, 0.25) is 0 Å². The molecule has 0 aromatic heterocycles. The largest absolute Gasteiger partial charge is 0.508 e. The molecular formula is C21H20O3. The van der Waals surface area contributed by atoms with E-state index in [2.05, 4.69) is 0 Å². The Labute approximate surface area is 141 Å². The lowest BCUT2D eigenvalue weighted by Gasteiger charge is -2.16. The van der Waals surface area contributed by atoms with Crippen LogP contribution in [0.5, 0.6) is 11.5 Å². The first kappa shape index (κ1) is 16.1. The maximum Gasteiger partial charge on any atom is 0.185 e. The SMILES string of the molecule is COc1cccc(/C=C2/CCC/C(=C/c3cccc(O)c3)C2=O)c1. The van der Waals surface area contributed by atoms with E-state index >= 15 is 0 Å². The number of Topliss-reactive ketones (excluding diaryl/α,β-unsaturated/α-hetero) is 1. The molecule has 1 aliphatic rings. The van der Waals surface area contributed by atoms with Crippen LogP contribution in [-0.4, -0.2) is 18.0 Å². The lowest BCUT2D eigenvalue weighted by molar-refractivity contribution is -0.112. The number of rotatable bonds is 3. The van der Waals surface area contributed by atoms with Gasteiger partial charge >= 0.3 is 0 Å². The number of carbonyl (C=O) groups is 1. The van der Waals surface area contributed by atoms with Gasteiger partial charge in [-0.15, -0.1) is 0 Å². The zero-order valence-corrected chi connectivity index (χ0v) is 13.7. The summed E-state index contributed by atoms with van der Waals surface area (Å²) in [7, 11) is 1.63. The van der Waals surface area contributed by atoms with Crippen molar-refractivity contribution in [2.45, 2.75) is 19.3 Å². The molecule has 0 unspecified atom stereocenters. The fourth-order valence-electron chi connectivity index (χ4n) is 2.93. The molecule has 0 amide bonds. The third-order valence-electron chi connectivity index (χ3n) is 4.12. The first-order valence-electron chi connectivity index (χ1n) is 8.04. The molecule has 3 rings (SSSR count). The van der Waals surface area contributed by atoms with Gasteiger partial charge in [-0.05, 0) is 66.8 Å². The molecule has 0 bridgehead atoms. The second-order valence-electron chi connectivity index (χ2n) is 5.89. The number of carbonyl (C=O) groups excluding carboxylic acids is 1. The number of allylic oxidation sites excluding steroid dienone is 2. The fourth-order valence-corrected chi connectivity index (χ4v) is 2.93. The van der Waals surface area contributed by atoms with Gasteiger partial charge in [-0.2, -0.15) is 0 Å². The predicted molar refractivity (Wildman–Crippen MR) is 95.9 cm³/mol. The normalized spacial score (nSPS) is 18.1. The second kappa shape index (κ2) is 7.18. The molecule has 1 saturated carbocycles. The van der Waals surface area contributed by atoms with Crippen molar-refractivity contribution in [3.63, 3.8) is 0 Å². The topological polar surface area (TPSA) is 46.5 Å². The Hall–Kier alpha value is -2.81. The molecule has 122 valence electrons. The molecule has 2 aromatic rings. The van der Waals surface area contributed by atoms with Gasteiger partial charge in [-0.3, -0.25) is 4.79 Å². The van der Waals surface area contributed by atoms with Gasteiger partial charge in [0.1, 0.15) is 11.5 Å². The van der Waals surface area contributed by atoms with Gasteiger partial charge in [0.25, 0.3) is 0 Å². The van der Waals surface area contributed by atoms with Crippen molar-refractivity contribution in [2.24, 2.45) is 0 Å². The maximum atomic E-state index is 12.7. The number of phenolic OH excluding ortho intramolecular Hbond substituents is 1. The van der Waals surface area contributed by atoms with Crippen LogP contribution in [0.3, 0.4) is 0 Å². The summed E-state index contributed by atoms with van der Waals surface area (Å²) in [5, 5.41) is 9.57. The van der Waals surface area contributed by atoms with Crippen LogP contribution in [0.2, 0.25) is 0 Å². The Morgan fingerprint density at radius 2 is 1.58 bits per heavy atom. The summed E-state index contributed by atoms with van der Waals surface area (Å²) in [5.41, 5.74) is 3.43. The molecule has 0 saturated heterocycles. The highest BCUT2D eigenvalue weighted by Crippen LogP contribution is 2.29. The Morgan fingerprint density at radius 1 is 0.958 bits per heavy atom. The molecule has 1 N–H and O–H groups in total. The van der Waals surface area contributed by atoms with E-state index in [0.29, 0.717) is 0 Å². The monoisotopic (exact) mass is 320 g/mol. The highest BCUT2D eigenvalue weighted by atomic mass is 16.5. The van der Waals surface area contributed by atoms with Crippen molar-refractivity contribution >= 4 is 17.9 Å². The predicted octanol–water partition coefficient (Wildman–Crippen LogP) is 4.62. The number of ether oxygens (including phenoxy) is 1. The number of ketones is 1. The third-order valence-corrected chi connectivity index (χ3v) is 4.12. The van der Waals surface area contributed by atoms with Gasteiger partial charge in [-0.25, -0.2) is 0 Å². The molecule has 24 heavy (non-hydrogen) atoms. The lowest BCUT2D eigenvalue weighted by atomic mass is 9.87. The summed E-state index contributed by atoms with van der Waals surface area (Å²) in [6.45, 7) is 0. The molecule has 0 atom stereocenters. The van der Waals surface area contributed by atoms with Gasteiger partial charge < -0.3 is 9.84 Å². The van der Waals surface area contributed by atoms with E-state index < -0.39 is 0 Å². The highest BCUT2D eigenvalue weighted by molar-refractivity contribution is 6.13. The van der Waals surface area contributed by atoms with E-state index in [4.69, 9.17) is 4.74 Å². The molecular weight excluding hydrogens is 300 g/mol. The zero-order valence-electron chi connectivity index (χ0n) is 13.7. The summed E-state index contributed by atoms with van der Waals surface area (Å²) in [6, 6.07) is 14.7. The van der Waals surface area contributed by atoms with Crippen LogP contribution in [0.25, 0.3) is 12.2 Å². The van der Waals surface area contributed by atoms with Crippen LogP contribution >= 0.6 is 0 Å². The molecule has 0 spiro atoms. The molecule has 0 radical (unpaired) electrons. The first-order valence-corrected chi connectivity index (χ1v) is 8.04. The summed E-state index contributed by atoms with van der Waals surface area (Å²) in [4.78, 5) is 12.7. The Kier molecular flexibility index (Phi) is 4.80. The number of aromatic hydroxyl groups is 1. The smallest absolute Gasteiger partial charge is 0.185 e. The minimum atomic E-state index is 0.0902. The Balaban J connectivity index is 1.88. The van der Waals surface area contributed by atoms with Gasteiger partial charge in [0, 0.05) is 11.1 Å². The lowest BCUT2D eigenvalue weighted by Crippen LogP contribution is -2.12. The van der Waals surface area contributed by atoms with Crippen LogP contribution in [0.1, 0.15) is 30.4 Å². The standard InChI is InChI=1S/C21H20O3/c1-24-20-10-3-6-16(14-20)12-18-8-4-7-17(21(18)23)11-15-5-2-9-19(22)13-15/h2-3,5-6,9-14,22H,4,7-8H2,1H3/b17-11-,18-12-. The number of hydrogen-bond donors (Lipinski definition) is 1. The molecule has 1 aliphatic carbocycles. The average Bonchev–Trinajstić information content (AvgIpc) is 2.59. The summed E-state index contributed by atoms with van der Waals surface area (Å²) < 4.78 is 5.23. The van der Waals surface area contributed by atoms with Crippen molar-refractivity contribution in [1.82, 2.24) is 0 Å². The van der Waals surface area contributed by atoms with E-state index in [1.807, 2.05) is 42.5 Å². The number of hydrogen-bond acceptors (Lipinski definition) is 3. The van der Waals surface area contributed by atoms with E-state index in [1.165, 1.54) is 0 Å². The number of methoxy groups -OCH3 is 1. The van der Waals surface area contributed by atoms with E-state index in [0.717, 1.165) is 47.3 Å². The van der Waals surface area contributed by atoms with Crippen molar-refractivity contribution in [2.75, 3.05) is 7.11 Å². The quantitative estimate of drug-likeness (QED) is 0.839. The maximum absolute atomic E-state index is 12.7. The van der Waals surface area contributed by atoms with E-state index in [9.17, 15) is 9.90 Å². The number of benzene rings is 2. The van der Waals surface area contributed by atoms with Crippen LogP contribution in [0, 0.1) is 0 Å². The molecule has 1 fully saturated rings. The minimum Gasteiger partial charge on any atom is -0.508 e. The zero-order chi connectivity index (χ0) is 16.9. The van der Waals surface area contributed by atoms with Crippen LogP contribution < -0.4 is 4.74 Å². The summed E-state index contributed by atoms with van der Waals surface area (Å²) >= 11 is 0. The van der Waals surface area contributed by atoms with Crippen molar-refractivity contribution in [3.8, 4) is 11.5 Å². The Morgan fingerprint density at radius 3 is 2.21 bits per heavy atom. The van der Waals surface area contributed by atoms with Crippen molar-refractivity contribution in [1.29, 1.82) is 0 Å². The summed E-state index contributed by atoms with van der Waals surface area (Å²) in [6.07, 6.45) is 6.32. The van der Waals surface area contributed by atoms with E-state index in [-0.39, 0.29) is 11.5 Å². The van der Waals surface area contributed by atoms with Crippen molar-refractivity contribution in [3.05, 3.63) is 70.8 Å². The van der Waals surface area contributed by atoms with Crippen LogP contribution in [0.15, 0.2) is 59.7 Å². The molecule has 3 nitrogen and oxygen atoms in total. The summed E-state index contributed by atoms with van der Waals surface area (Å²) in [5.74, 6) is 1.08. The van der Waals surface area contributed by atoms with Gasteiger partial charge in [0.05, 0.1) is 7.11 Å². The van der Waals surface area contributed by atoms with Crippen molar-refractivity contribution < 1.29 is 14.6 Å². The highest BCUT2D eigenvalue weighted by Gasteiger charge is 2.20. The van der Waals surface area contributed by atoms with Crippen LogP contribution in [-0.2, 0) is 4.79 Å². The fraction of sp³-hybridized carbons (Fsp3) is 0.190. The van der Waals surface area contributed by atoms with Gasteiger partial charge in [0.15, 0.2) is 5.78 Å². The third kappa shape index (κ3) is 3.74. The first-order chi connectivity index (χ1) is 11.7. The molecule has 0 aliphatic heterocycles. The van der Waals surface area contributed by atoms with E-state index in [1.54, 1.807) is 25.3 Å². The van der Waals surface area contributed by atoms with Crippen LogP contribution in [0.4, 0.5) is 0 Å².